The third-order valence-electron chi connectivity index (χ3n) is 5.02. The number of fused-ring (bicyclic) bond motifs is 1. The number of ether oxygens (including phenoxy) is 1. The van der Waals surface area contributed by atoms with Crippen LogP contribution in [-0.2, 0) is 27.9 Å². The lowest BCUT2D eigenvalue weighted by molar-refractivity contribution is -0.00449. The number of hydrogen-bond acceptors (Lipinski definition) is 3. The highest BCUT2D eigenvalue weighted by Crippen LogP contribution is 2.27. The van der Waals surface area contributed by atoms with Gasteiger partial charge in [0.15, 0.2) is 0 Å². The van der Waals surface area contributed by atoms with Crippen molar-refractivity contribution in [1.82, 2.24) is 8.61 Å². The average Bonchev–Trinajstić information content (AvgIpc) is 2.68. The first-order valence-corrected chi connectivity index (χ1v) is 10.1. The highest BCUT2D eigenvalue weighted by atomic mass is 32.2. The quantitative estimate of drug-likeness (QED) is 0.827. The number of halogens is 1. The van der Waals surface area contributed by atoms with E-state index in [-0.39, 0.29) is 18.5 Å². The molecule has 0 bridgehead atoms. The molecule has 2 aromatic carbocycles. The van der Waals surface area contributed by atoms with Gasteiger partial charge < -0.3 is 4.74 Å². The van der Waals surface area contributed by atoms with E-state index in [1.165, 1.54) is 22.0 Å². The second kappa shape index (κ2) is 7.08. The summed E-state index contributed by atoms with van der Waals surface area (Å²) in [5, 5.41) is 0. The van der Waals surface area contributed by atoms with Gasteiger partial charge in [0.1, 0.15) is 5.82 Å². The fourth-order valence-electron chi connectivity index (χ4n) is 3.54. The van der Waals surface area contributed by atoms with Crippen LogP contribution in [0.25, 0.3) is 0 Å². The van der Waals surface area contributed by atoms with E-state index in [2.05, 4.69) is 6.07 Å². The van der Waals surface area contributed by atoms with Gasteiger partial charge in [0.05, 0.1) is 12.7 Å². The summed E-state index contributed by atoms with van der Waals surface area (Å²) in [5.41, 5.74) is 3.06. The molecule has 4 rings (SSSR count). The van der Waals surface area contributed by atoms with Crippen molar-refractivity contribution in [2.75, 3.05) is 26.2 Å². The van der Waals surface area contributed by atoms with Crippen LogP contribution in [0, 0.1) is 5.82 Å². The Kier molecular flexibility index (Phi) is 4.79. The van der Waals surface area contributed by atoms with Crippen molar-refractivity contribution in [3.8, 4) is 0 Å². The maximum absolute atomic E-state index is 13.1. The molecule has 5 nitrogen and oxygen atoms in total. The Morgan fingerprint density at radius 1 is 0.962 bits per heavy atom. The predicted molar refractivity (Wildman–Crippen MR) is 96.1 cm³/mol. The molecule has 2 heterocycles. The van der Waals surface area contributed by atoms with E-state index in [1.807, 2.05) is 18.2 Å². The summed E-state index contributed by atoms with van der Waals surface area (Å²) >= 11 is 0. The monoisotopic (exact) mass is 376 g/mol. The maximum atomic E-state index is 13.1. The SMILES string of the molecule is O=S(=O)(N1CCc2ccccc2C1)N1CCOC(c2ccc(F)cc2)C1. The smallest absolute Gasteiger partial charge is 0.282 e. The van der Waals surface area contributed by atoms with Crippen LogP contribution in [0.3, 0.4) is 0 Å². The number of nitrogens with zero attached hydrogens (tertiary/aromatic N) is 2. The summed E-state index contributed by atoms with van der Waals surface area (Å²) in [4.78, 5) is 0. The van der Waals surface area contributed by atoms with Crippen molar-refractivity contribution in [2.24, 2.45) is 0 Å². The maximum Gasteiger partial charge on any atom is 0.282 e. The van der Waals surface area contributed by atoms with E-state index in [0.29, 0.717) is 26.2 Å². The molecule has 0 amide bonds. The largest absolute Gasteiger partial charge is 0.371 e. The molecule has 26 heavy (non-hydrogen) atoms. The lowest BCUT2D eigenvalue weighted by Gasteiger charge is -2.37. The predicted octanol–water partition coefficient (Wildman–Crippen LogP) is 2.50. The second-order valence-corrected chi connectivity index (χ2v) is 8.56. The third kappa shape index (κ3) is 3.40. The van der Waals surface area contributed by atoms with Gasteiger partial charge in [-0.15, -0.1) is 0 Å². The molecule has 0 spiro atoms. The van der Waals surface area contributed by atoms with Gasteiger partial charge >= 0.3 is 0 Å². The van der Waals surface area contributed by atoms with Gasteiger partial charge in [0, 0.05) is 26.2 Å². The Morgan fingerprint density at radius 3 is 2.46 bits per heavy atom. The first-order chi connectivity index (χ1) is 12.5. The fourth-order valence-corrected chi connectivity index (χ4v) is 5.12. The number of rotatable bonds is 3. The van der Waals surface area contributed by atoms with Crippen molar-refractivity contribution < 1.29 is 17.5 Å². The van der Waals surface area contributed by atoms with E-state index in [1.54, 1.807) is 16.4 Å². The molecular formula is C19H21FN2O3S. The normalized spacial score (nSPS) is 22.1. The van der Waals surface area contributed by atoms with Crippen LogP contribution in [0.1, 0.15) is 22.8 Å². The summed E-state index contributed by atoms with van der Waals surface area (Å²) in [6, 6.07) is 14.0. The molecule has 2 aromatic rings. The van der Waals surface area contributed by atoms with E-state index < -0.39 is 10.2 Å². The van der Waals surface area contributed by atoms with Crippen LogP contribution >= 0.6 is 0 Å². The fraction of sp³-hybridized carbons (Fsp3) is 0.368. The van der Waals surface area contributed by atoms with Gasteiger partial charge in [-0.25, -0.2) is 4.39 Å². The summed E-state index contributed by atoms with van der Waals surface area (Å²) < 4.78 is 48.1. The number of hydrogen-bond donors (Lipinski definition) is 0. The third-order valence-corrected chi connectivity index (χ3v) is 6.97. The molecule has 138 valence electrons. The lowest BCUT2D eigenvalue weighted by atomic mass is 10.0. The van der Waals surface area contributed by atoms with Gasteiger partial charge in [-0.3, -0.25) is 0 Å². The molecule has 1 atom stereocenters. The minimum Gasteiger partial charge on any atom is -0.371 e. The Hall–Kier alpha value is -1.80. The van der Waals surface area contributed by atoms with Crippen molar-refractivity contribution in [1.29, 1.82) is 0 Å². The highest BCUT2D eigenvalue weighted by molar-refractivity contribution is 7.86. The minimum absolute atomic E-state index is 0.242. The van der Waals surface area contributed by atoms with Crippen LogP contribution in [0.2, 0.25) is 0 Å². The highest BCUT2D eigenvalue weighted by Gasteiger charge is 2.36. The first kappa shape index (κ1) is 17.6. The Labute approximate surface area is 153 Å². The van der Waals surface area contributed by atoms with Crippen LogP contribution in [0.15, 0.2) is 48.5 Å². The lowest BCUT2D eigenvalue weighted by Crippen LogP contribution is -2.50. The van der Waals surface area contributed by atoms with Gasteiger partial charge in [-0.2, -0.15) is 17.0 Å². The second-order valence-electron chi connectivity index (χ2n) is 6.63. The summed E-state index contributed by atoms with van der Waals surface area (Å²) in [6.07, 6.45) is 0.345. The molecule has 0 N–H and O–H groups in total. The molecule has 0 aliphatic carbocycles. The van der Waals surface area contributed by atoms with Crippen LogP contribution in [0.4, 0.5) is 4.39 Å². The molecule has 7 heteroatoms. The molecule has 2 aliphatic heterocycles. The molecule has 0 saturated carbocycles. The molecule has 1 unspecified atom stereocenters. The van der Waals surface area contributed by atoms with Crippen LogP contribution in [0.5, 0.6) is 0 Å². The van der Waals surface area contributed by atoms with E-state index in [9.17, 15) is 12.8 Å². The van der Waals surface area contributed by atoms with Crippen molar-refractivity contribution in [2.45, 2.75) is 19.1 Å². The molecule has 0 radical (unpaired) electrons. The Balaban J connectivity index is 1.51. The zero-order valence-corrected chi connectivity index (χ0v) is 15.2. The molecule has 1 saturated heterocycles. The van der Waals surface area contributed by atoms with Crippen molar-refractivity contribution in [3.63, 3.8) is 0 Å². The summed E-state index contributed by atoms with van der Waals surface area (Å²) in [6.45, 7) is 1.78. The van der Waals surface area contributed by atoms with Crippen LogP contribution in [-0.4, -0.2) is 43.3 Å². The summed E-state index contributed by atoms with van der Waals surface area (Å²) in [7, 11) is -3.56. The molecule has 0 aromatic heterocycles. The first-order valence-electron chi connectivity index (χ1n) is 8.73. The van der Waals surface area contributed by atoms with Crippen molar-refractivity contribution >= 4 is 10.2 Å². The molecule has 1 fully saturated rings. The van der Waals surface area contributed by atoms with Crippen molar-refractivity contribution in [3.05, 3.63) is 71.0 Å². The number of morpholine rings is 1. The van der Waals surface area contributed by atoms with Crippen LogP contribution < -0.4 is 0 Å². The van der Waals surface area contributed by atoms with E-state index in [0.717, 1.165) is 17.5 Å². The minimum atomic E-state index is -3.56. The van der Waals surface area contributed by atoms with Gasteiger partial charge in [-0.05, 0) is 35.2 Å². The topological polar surface area (TPSA) is 49.9 Å². The summed E-state index contributed by atoms with van der Waals surface area (Å²) in [5.74, 6) is -0.319. The van der Waals surface area contributed by atoms with E-state index in [4.69, 9.17) is 4.74 Å². The Morgan fingerprint density at radius 2 is 1.69 bits per heavy atom. The molecule has 2 aliphatic rings. The zero-order chi connectivity index (χ0) is 18.1. The van der Waals surface area contributed by atoms with Gasteiger partial charge in [0.2, 0.25) is 0 Å². The van der Waals surface area contributed by atoms with Gasteiger partial charge in [0.25, 0.3) is 10.2 Å². The Bertz CT molecular complexity index is 886. The van der Waals surface area contributed by atoms with Gasteiger partial charge in [-0.1, -0.05) is 36.4 Å². The standard InChI is InChI=1S/C19H21FN2O3S/c20-18-7-5-16(6-8-18)19-14-22(11-12-25-19)26(23,24)21-10-9-15-3-1-2-4-17(15)13-21/h1-8,19H,9-14H2. The molecular weight excluding hydrogens is 355 g/mol. The van der Waals surface area contributed by atoms with E-state index >= 15 is 0 Å². The average molecular weight is 376 g/mol. The number of benzene rings is 2. The zero-order valence-electron chi connectivity index (χ0n) is 14.3.